The summed E-state index contributed by atoms with van der Waals surface area (Å²) < 4.78 is 18.2. The number of alkyl halides is 1. The van der Waals surface area contributed by atoms with E-state index in [0.717, 1.165) is 0 Å². The highest BCUT2D eigenvalue weighted by Crippen LogP contribution is 2.37. The van der Waals surface area contributed by atoms with Crippen molar-refractivity contribution in [2.45, 2.75) is 19.1 Å². The summed E-state index contributed by atoms with van der Waals surface area (Å²) in [7, 11) is 0. The number of esters is 1. The Morgan fingerprint density at radius 2 is 2.11 bits per heavy atom. The van der Waals surface area contributed by atoms with Crippen molar-refractivity contribution in [3.05, 3.63) is 27.7 Å². The Bertz CT molecular complexity index is 459. The van der Waals surface area contributed by atoms with Crippen LogP contribution in [0.2, 0.25) is 10.0 Å². The van der Waals surface area contributed by atoms with Gasteiger partial charge in [0.05, 0.1) is 17.7 Å². The number of halogens is 4. The van der Waals surface area contributed by atoms with Gasteiger partial charge in [-0.2, -0.15) is 0 Å². The van der Waals surface area contributed by atoms with Crippen LogP contribution in [0.3, 0.4) is 0 Å². The largest absolute Gasteiger partial charge is 0.506 e. The van der Waals surface area contributed by atoms with Gasteiger partial charge in [0.1, 0.15) is 10.8 Å². The number of nitrogens with two attached hydrogens (primary N) is 1. The summed E-state index contributed by atoms with van der Waals surface area (Å²) >= 11 is 11.4. The minimum Gasteiger partial charge on any atom is -0.506 e. The van der Waals surface area contributed by atoms with Gasteiger partial charge in [0.15, 0.2) is 0 Å². The van der Waals surface area contributed by atoms with Crippen LogP contribution >= 0.6 is 35.6 Å². The van der Waals surface area contributed by atoms with E-state index < -0.39 is 23.9 Å². The molecule has 0 saturated heterocycles. The van der Waals surface area contributed by atoms with Gasteiger partial charge >= 0.3 is 5.97 Å². The number of carbonyl (C=O) groups excluding carboxylic acids is 1. The number of rotatable bonds is 4. The molecule has 1 unspecified atom stereocenters. The molecule has 0 fully saturated rings. The zero-order valence-electron chi connectivity index (χ0n) is 9.90. The molecule has 0 radical (unpaired) electrons. The van der Waals surface area contributed by atoms with E-state index in [-0.39, 0.29) is 34.6 Å². The molecule has 108 valence electrons. The zero-order valence-corrected chi connectivity index (χ0v) is 12.2. The molecule has 0 amide bonds. The number of hydrogen-bond donors (Lipinski definition) is 2. The molecule has 0 aliphatic heterocycles. The number of ether oxygens (including phenoxy) is 1. The van der Waals surface area contributed by atoms with Gasteiger partial charge in [0, 0.05) is 5.56 Å². The number of benzene rings is 1. The fourth-order valence-electron chi connectivity index (χ4n) is 1.35. The molecule has 2 atom stereocenters. The fourth-order valence-corrected chi connectivity index (χ4v) is 1.67. The molecule has 1 rings (SSSR count). The Kier molecular flexibility index (Phi) is 7.44. The van der Waals surface area contributed by atoms with E-state index in [1.807, 2.05) is 0 Å². The van der Waals surface area contributed by atoms with E-state index in [1.54, 1.807) is 6.92 Å². The Labute approximate surface area is 126 Å². The quantitative estimate of drug-likeness (QED) is 0.831. The summed E-state index contributed by atoms with van der Waals surface area (Å²) in [5.41, 5.74) is 5.54. The van der Waals surface area contributed by atoms with Crippen LogP contribution in [-0.2, 0) is 9.53 Å². The second kappa shape index (κ2) is 7.75. The van der Waals surface area contributed by atoms with Gasteiger partial charge in [-0.15, -0.1) is 12.4 Å². The summed E-state index contributed by atoms with van der Waals surface area (Å²) in [6, 6.07) is 1.29. The van der Waals surface area contributed by atoms with Crippen LogP contribution in [0.15, 0.2) is 12.1 Å². The third-order valence-corrected chi connectivity index (χ3v) is 3.08. The first kappa shape index (κ1) is 18.2. The first-order chi connectivity index (χ1) is 8.40. The minimum atomic E-state index is -2.09. The van der Waals surface area contributed by atoms with Crippen molar-refractivity contribution in [1.29, 1.82) is 0 Å². The van der Waals surface area contributed by atoms with Gasteiger partial charge in [-0.25, -0.2) is 9.18 Å². The number of carbonyl (C=O) groups is 1. The maximum atomic E-state index is 13.7. The standard InChI is InChI=1S/C11H12Cl2FNO3.ClH/c1-2-18-11(17)8(14)9(15)5-3-4-6(12)7(13)10(5)16;/h3-4,8-9,16H,2,15H2,1H3;1H/t8?,9-;/m1./s1. The van der Waals surface area contributed by atoms with E-state index in [4.69, 9.17) is 28.9 Å². The lowest BCUT2D eigenvalue weighted by atomic mass is 10.0. The van der Waals surface area contributed by atoms with Gasteiger partial charge in [-0.05, 0) is 13.0 Å². The maximum Gasteiger partial charge on any atom is 0.342 e. The van der Waals surface area contributed by atoms with Gasteiger partial charge in [-0.1, -0.05) is 29.3 Å². The molecule has 19 heavy (non-hydrogen) atoms. The van der Waals surface area contributed by atoms with Crippen LogP contribution < -0.4 is 5.73 Å². The molecule has 0 aliphatic carbocycles. The summed E-state index contributed by atoms with van der Waals surface area (Å²) in [5, 5.41) is 9.66. The van der Waals surface area contributed by atoms with Gasteiger partial charge < -0.3 is 15.6 Å². The number of phenolic OH excluding ortho intramolecular Hbond substituents is 1. The summed E-state index contributed by atoms with van der Waals surface area (Å²) in [6.45, 7) is 1.59. The molecular weight excluding hydrogens is 319 g/mol. The Morgan fingerprint density at radius 3 is 2.63 bits per heavy atom. The second-order valence-corrected chi connectivity index (χ2v) is 4.26. The van der Waals surface area contributed by atoms with E-state index >= 15 is 0 Å². The Balaban J connectivity index is 0.00000324. The zero-order chi connectivity index (χ0) is 13.9. The fraction of sp³-hybridized carbons (Fsp3) is 0.364. The molecule has 8 heteroatoms. The molecule has 1 aromatic carbocycles. The van der Waals surface area contributed by atoms with E-state index in [1.165, 1.54) is 12.1 Å². The van der Waals surface area contributed by atoms with E-state index in [0.29, 0.717) is 0 Å². The Morgan fingerprint density at radius 1 is 1.53 bits per heavy atom. The van der Waals surface area contributed by atoms with Crippen LogP contribution in [-0.4, -0.2) is 23.9 Å². The van der Waals surface area contributed by atoms with Crippen molar-refractivity contribution in [2.24, 2.45) is 5.73 Å². The van der Waals surface area contributed by atoms with Crippen molar-refractivity contribution >= 4 is 41.6 Å². The third kappa shape index (κ3) is 4.11. The van der Waals surface area contributed by atoms with Gasteiger partial charge in [0.2, 0.25) is 6.17 Å². The lowest BCUT2D eigenvalue weighted by Crippen LogP contribution is -2.31. The highest BCUT2D eigenvalue weighted by atomic mass is 35.5. The summed E-state index contributed by atoms with van der Waals surface area (Å²) in [5.74, 6) is -1.53. The van der Waals surface area contributed by atoms with Gasteiger partial charge in [0.25, 0.3) is 0 Å². The average molecular weight is 333 g/mol. The van der Waals surface area contributed by atoms with Crippen molar-refractivity contribution in [1.82, 2.24) is 0 Å². The first-order valence-corrected chi connectivity index (χ1v) is 5.88. The van der Waals surface area contributed by atoms with Crippen molar-refractivity contribution in [3.63, 3.8) is 0 Å². The minimum absolute atomic E-state index is 0. The molecule has 3 N–H and O–H groups in total. The lowest BCUT2D eigenvalue weighted by molar-refractivity contribution is -0.149. The summed E-state index contributed by atoms with van der Waals surface area (Å²) in [6.07, 6.45) is -2.09. The molecule has 1 aromatic rings. The normalized spacial score (nSPS) is 13.3. The molecule has 0 saturated carbocycles. The molecular formula is C11H13Cl3FNO3. The molecule has 0 bridgehead atoms. The van der Waals surface area contributed by atoms with Crippen LogP contribution in [0.5, 0.6) is 5.75 Å². The molecule has 0 aromatic heterocycles. The van der Waals surface area contributed by atoms with E-state index in [9.17, 15) is 14.3 Å². The van der Waals surface area contributed by atoms with Crippen LogP contribution in [0.4, 0.5) is 4.39 Å². The first-order valence-electron chi connectivity index (χ1n) is 5.13. The van der Waals surface area contributed by atoms with Crippen LogP contribution in [0.1, 0.15) is 18.5 Å². The van der Waals surface area contributed by atoms with Crippen molar-refractivity contribution < 1.29 is 19.0 Å². The molecule has 0 heterocycles. The highest BCUT2D eigenvalue weighted by Gasteiger charge is 2.30. The monoisotopic (exact) mass is 331 g/mol. The predicted molar refractivity (Wildman–Crippen MR) is 73.8 cm³/mol. The third-order valence-electron chi connectivity index (χ3n) is 2.29. The molecule has 0 aliphatic rings. The smallest absolute Gasteiger partial charge is 0.342 e. The van der Waals surface area contributed by atoms with E-state index in [2.05, 4.69) is 4.74 Å². The van der Waals surface area contributed by atoms with Crippen LogP contribution in [0, 0.1) is 0 Å². The molecule has 0 spiro atoms. The SMILES string of the molecule is CCOC(=O)C(F)[C@H](N)c1ccc(Cl)c(Cl)c1O.Cl. The maximum absolute atomic E-state index is 13.7. The van der Waals surface area contributed by atoms with Crippen molar-refractivity contribution in [2.75, 3.05) is 6.61 Å². The number of phenols is 1. The highest BCUT2D eigenvalue weighted by molar-refractivity contribution is 6.43. The topological polar surface area (TPSA) is 72.5 Å². The number of hydrogen-bond acceptors (Lipinski definition) is 4. The van der Waals surface area contributed by atoms with Crippen molar-refractivity contribution in [3.8, 4) is 5.75 Å². The van der Waals surface area contributed by atoms with Gasteiger partial charge in [-0.3, -0.25) is 0 Å². The predicted octanol–water partition coefficient (Wildman–Crippen LogP) is 3.02. The lowest BCUT2D eigenvalue weighted by Gasteiger charge is -2.17. The number of aromatic hydroxyl groups is 1. The second-order valence-electron chi connectivity index (χ2n) is 3.48. The summed E-state index contributed by atoms with van der Waals surface area (Å²) in [4.78, 5) is 11.2. The average Bonchev–Trinajstić information content (AvgIpc) is 2.35. The molecule has 4 nitrogen and oxygen atoms in total. The Hall–Kier alpha value is -0.750. The van der Waals surface area contributed by atoms with Crippen LogP contribution in [0.25, 0.3) is 0 Å².